The van der Waals surface area contributed by atoms with Crippen molar-refractivity contribution < 1.29 is 8.42 Å². The zero-order valence-corrected chi connectivity index (χ0v) is 14.0. The summed E-state index contributed by atoms with van der Waals surface area (Å²) in [6.07, 6.45) is 7.13. The number of alkyl halides is 1. The smallest absolute Gasteiger partial charge is 0.244 e. The molecule has 1 aromatic rings. The van der Waals surface area contributed by atoms with Crippen molar-refractivity contribution >= 4 is 21.6 Å². The average molecular weight is 331 g/mol. The standard InChI is InChI=1S/C15H23ClN2O2S/c1-2-12-5-7-17(8-6-12)21(19,20)15-9-14(10-16)18(11-15)13-3-4-13/h9,11-13H,2-8,10H2,1H3. The van der Waals surface area contributed by atoms with E-state index in [4.69, 9.17) is 11.6 Å². The largest absolute Gasteiger partial charge is 0.346 e. The highest BCUT2D eigenvalue weighted by molar-refractivity contribution is 7.89. The van der Waals surface area contributed by atoms with E-state index < -0.39 is 10.0 Å². The van der Waals surface area contributed by atoms with Crippen molar-refractivity contribution in [1.29, 1.82) is 0 Å². The Kier molecular flexibility index (Phi) is 4.35. The van der Waals surface area contributed by atoms with Crippen LogP contribution < -0.4 is 0 Å². The van der Waals surface area contributed by atoms with Crippen molar-refractivity contribution in [2.24, 2.45) is 5.92 Å². The van der Waals surface area contributed by atoms with Crippen LogP contribution in [0.5, 0.6) is 0 Å². The third kappa shape index (κ3) is 3.01. The first kappa shape index (κ1) is 15.4. The summed E-state index contributed by atoms with van der Waals surface area (Å²) >= 11 is 5.96. The molecule has 1 aliphatic carbocycles. The number of hydrogen-bond donors (Lipinski definition) is 0. The molecule has 4 nitrogen and oxygen atoms in total. The predicted molar refractivity (Wildman–Crippen MR) is 84.0 cm³/mol. The summed E-state index contributed by atoms with van der Waals surface area (Å²) in [6.45, 7) is 3.47. The van der Waals surface area contributed by atoms with Crippen LogP contribution in [-0.2, 0) is 15.9 Å². The van der Waals surface area contributed by atoms with Gasteiger partial charge in [-0.15, -0.1) is 11.6 Å². The van der Waals surface area contributed by atoms with E-state index in [0.29, 0.717) is 35.8 Å². The van der Waals surface area contributed by atoms with Crippen LogP contribution in [0.15, 0.2) is 17.2 Å². The second kappa shape index (κ2) is 5.94. The minimum absolute atomic E-state index is 0.365. The molecule has 3 rings (SSSR count). The lowest BCUT2D eigenvalue weighted by Crippen LogP contribution is -2.38. The lowest BCUT2D eigenvalue weighted by atomic mass is 9.96. The van der Waals surface area contributed by atoms with Crippen molar-refractivity contribution in [2.45, 2.75) is 55.8 Å². The number of halogens is 1. The van der Waals surface area contributed by atoms with Gasteiger partial charge in [0, 0.05) is 31.0 Å². The Morgan fingerprint density at radius 2 is 1.90 bits per heavy atom. The molecule has 118 valence electrons. The number of piperidine rings is 1. The van der Waals surface area contributed by atoms with Crippen molar-refractivity contribution in [3.8, 4) is 0 Å². The fourth-order valence-electron chi connectivity index (χ4n) is 3.14. The first-order chi connectivity index (χ1) is 10.1. The van der Waals surface area contributed by atoms with Gasteiger partial charge in [0.2, 0.25) is 10.0 Å². The van der Waals surface area contributed by atoms with Gasteiger partial charge in [0.15, 0.2) is 0 Å². The van der Waals surface area contributed by atoms with Gasteiger partial charge in [-0.3, -0.25) is 0 Å². The monoisotopic (exact) mass is 330 g/mol. The highest BCUT2D eigenvalue weighted by Gasteiger charge is 2.32. The third-order valence-corrected chi connectivity index (χ3v) is 6.91. The summed E-state index contributed by atoms with van der Waals surface area (Å²) in [6, 6.07) is 2.21. The van der Waals surface area contributed by atoms with Crippen molar-refractivity contribution in [1.82, 2.24) is 8.87 Å². The van der Waals surface area contributed by atoms with E-state index in [2.05, 4.69) is 11.5 Å². The van der Waals surface area contributed by atoms with E-state index in [9.17, 15) is 8.42 Å². The first-order valence-corrected chi connectivity index (χ1v) is 9.80. The van der Waals surface area contributed by atoms with E-state index in [-0.39, 0.29) is 0 Å². The summed E-state index contributed by atoms with van der Waals surface area (Å²) in [5, 5.41) is 0. The summed E-state index contributed by atoms with van der Waals surface area (Å²) < 4.78 is 29.2. The molecule has 0 bridgehead atoms. The highest BCUT2D eigenvalue weighted by atomic mass is 35.5. The fourth-order valence-corrected chi connectivity index (χ4v) is 4.88. The van der Waals surface area contributed by atoms with E-state index in [1.165, 1.54) is 0 Å². The Balaban J connectivity index is 1.81. The van der Waals surface area contributed by atoms with Gasteiger partial charge < -0.3 is 4.57 Å². The molecule has 2 fully saturated rings. The van der Waals surface area contributed by atoms with Gasteiger partial charge >= 0.3 is 0 Å². The fraction of sp³-hybridized carbons (Fsp3) is 0.733. The maximum Gasteiger partial charge on any atom is 0.244 e. The molecular formula is C15H23ClN2O2S. The second-order valence-electron chi connectivity index (χ2n) is 6.19. The molecule has 0 unspecified atom stereocenters. The van der Waals surface area contributed by atoms with Crippen molar-refractivity contribution in [3.05, 3.63) is 18.0 Å². The number of aromatic nitrogens is 1. The molecule has 1 saturated carbocycles. The lowest BCUT2D eigenvalue weighted by Gasteiger charge is -2.30. The van der Waals surface area contributed by atoms with Crippen LogP contribution in [0, 0.1) is 5.92 Å². The minimum Gasteiger partial charge on any atom is -0.346 e. The van der Waals surface area contributed by atoms with Gasteiger partial charge in [0.25, 0.3) is 0 Å². The van der Waals surface area contributed by atoms with Gasteiger partial charge in [0.1, 0.15) is 4.90 Å². The Morgan fingerprint density at radius 1 is 1.24 bits per heavy atom. The SMILES string of the molecule is CCC1CCN(S(=O)(=O)c2cc(CCl)n(C3CC3)c2)CC1. The third-order valence-electron chi connectivity index (χ3n) is 4.77. The Bertz CT molecular complexity index is 599. The summed E-state index contributed by atoms with van der Waals surface area (Å²) in [5.74, 6) is 1.04. The zero-order chi connectivity index (χ0) is 15.0. The molecule has 0 amide bonds. The van der Waals surface area contributed by atoms with Gasteiger partial charge in [-0.2, -0.15) is 4.31 Å². The quantitative estimate of drug-likeness (QED) is 0.777. The Morgan fingerprint density at radius 3 is 2.43 bits per heavy atom. The van der Waals surface area contributed by atoms with Gasteiger partial charge in [-0.1, -0.05) is 13.3 Å². The molecule has 2 aliphatic rings. The van der Waals surface area contributed by atoms with Gasteiger partial charge in [-0.05, 0) is 37.7 Å². The molecule has 1 saturated heterocycles. The van der Waals surface area contributed by atoms with E-state index >= 15 is 0 Å². The highest BCUT2D eigenvalue weighted by Crippen LogP contribution is 2.38. The molecule has 1 aliphatic heterocycles. The minimum atomic E-state index is -3.36. The topological polar surface area (TPSA) is 42.3 Å². The van der Waals surface area contributed by atoms with Crippen molar-refractivity contribution in [3.63, 3.8) is 0 Å². The molecule has 0 aromatic carbocycles. The van der Waals surface area contributed by atoms with Gasteiger partial charge in [0.05, 0.1) is 5.88 Å². The molecule has 0 radical (unpaired) electrons. The van der Waals surface area contributed by atoms with Crippen LogP contribution in [0.1, 0.15) is 50.8 Å². The normalized spacial score (nSPS) is 21.8. The molecule has 21 heavy (non-hydrogen) atoms. The Labute approximate surface area is 132 Å². The maximum atomic E-state index is 12.8. The molecule has 1 aromatic heterocycles. The summed E-state index contributed by atoms with van der Waals surface area (Å²) in [4.78, 5) is 0.417. The van der Waals surface area contributed by atoms with E-state index in [0.717, 1.165) is 37.8 Å². The molecule has 0 atom stereocenters. The van der Waals surface area contributed by atoms with Crippen LogP contribution in [0.4, 0.5) is 0 Å². The van der Waals surface area contributed by atoms with E-state index in [1.807, 2.05) is 0 Å². The van der Waals surface area contributed by atoms with Crippen LogP contribution in [0.3, 0.4) is 0 Å². The molecule has 2 heterocycles. The number of hydrogen-bond acceptors (Lipinski definition) is 2. The number of rotatable bonds is 5. The Hall–Kier alpha value is -0.520. The van der Waals surface area contributed by atoms with Crippen LogP contribution in [0.2, 0.25) is 0 Å². The zero-order valence-electron chi connectivity index (χ0n) is 12.5. The second-order valence-corrected chi connectivity index (χ2v) is 8.40. The number of sulfonamides is 1. The van der Waals surface area contributed by atoms with Gasteiger partial charge in [-0.25, -0.2) is 8.42 Å². The van der Waals surface area contributed by atoms with Crippen LogP contribution >= 0.6 is 11.6 Å². The molecule has 0 N–H and O–H groups in total. The summed E-state index contributed by atoms with van der Waals surface area (Å²) in [7, 11) is -3.36. The first-order valence-electron chi connectivity index (χ1n) is 7.83. The summed E-state index contributed by atoms with van der Waals surface area (Å²) in [5.41, 5.74) is 0.918. The average Bonchev–Trinajstić information content (AvgIpc) is 3.25. The molecule has 0 spiro atoms. The van der Waals surface area contributed by atoms with E-state index in [1.54, 1.807) is 16.6 Å². The maximum absolute atomic E-state index is 12.8. The molecule has 6 heteroatoms. The van der Waals surface area contributed by atoms with Crippen LogP contribution in [-0.4, -0.2) is 30.4 Å². The van der Waals surface area contributed by atoms with Crippen LogP contribution in [0.25, 0.3) is 0 Å². The lowest BCUT2D eigenvalue weighted by molar-refractivity contribution is 0.269. The number of nitrogens with zero attached hydrogens (tertiary/aromatic N) is 2. The molecular weight excluding hydrogens is 308 g/mol. The predicted octanol–water partition coefficient (Wildman–Crippen LogP) is 3.37. The van der Waals surface area contributed by atoms with Crippen molar-refractivity contribution in [2.75, 3.05) is 13.1 Å².